The molecule has 0 heterocycles. The predicted molar refractivity (Wildman–Crippen MR) is 121 cm³/mol. The Morgan fingerprint density at radius 1 is 0.769 bits per heavy atom. The maximum Gasteiger partial charge on any atom is 0.0444 e. The highest BCUT2D eigenvalue weighted by Crippen LogP contribution is 2.38. The van der Waals surface area contributed by atoms with Crippen LogP contribution < -0.4 is 5.73 Å². The van der Waals surface area contributed by atoms with Crippen LogP contribution in [0.4, 0.5) is 0 Å². The Morgan fingerprint density at radius 3 is 1.50 bits per heavy atom. The van der Waals surface area contributed by atoms with E-state index in [1.165, 1.54) is 116 Å². The van der Waals surface area contributed by atoms with Gasteiger partial charge in [-0.25, -0.2) is 0 Å². The van der Waals surface area contributed by atoms with Crippen molar-refractivity contribution in [2.45, 2.75) is 141 Å². The summed E-state index contributed by atoms with van der Waals surface area (Å²) in [7, 11) is 0. The topological polar surface area (TPSA) is 26.0 Å². The van der Waals surface area contributed by atoms with Crippen LogP contribution in [-0.2, 0) is 0 Å². The maximum atomic E-state index is 6.22. The molecule has 1 saturated carbocycles. The Kier molecular flexibility index (Phi) is 18.8. The summed E-state index contributed by atoms with van der Waals surface area (Å²) in [4.78, 5) is 0.109. The minimum Gasteiger partial charge on any atom is -0.330 e. The third kappa shape index (κ3) is 16.4. The van der Waals surface area contributed by atoms with Gasteiger partial charge in [-0.05, 0) is 38.6 Å². The van der Waals surface area contributed by atoms with E-state index in [9.17, 15) is 0 Å². The molecule has 2 atom stereocenters. The van der Waals surface area contributed by atoms with Gasteiger partial charge in [-0.2, -0.15) is 0 Å². The molecule has 0 radical (unpaired) electrons. The summed E-state index contributed by atoms with van der Waals surface area (Å²) in [5.41, 5.74) is 5.47. The van der Waals surface area contributed by atoms with E-state index < -0.39 is 0 Å². The SMILES string of the molecule is CC1CCCCC1(C)Cl.CCCCCCCCCCCCCCCCN. The zero-order valence-corrected chi connectivity index (χ0v) is 19.2. The molecule has 0 aliphatic heterocycles. The second kappa shape index (κ2) is 18.6. The lowest BCUT2D eigenvalue weighted by molar-refractivity contribution is 0.305. The molecule has 158 valence electrons. The van der Waals surface area contributed by atoms with Crippen molar-refractivity contribution in [3.8, 4) is 0 Å². The molecule has 2 heteroatoms. The van der Waals surface area contributed by atoms with Crippen LogP contribution in [-0.4, -0.2) is 11.4 Å². The molecule has 1 nitrogen and oxygen atoms in total. The Balaban J connectivity index is 0.000000577. The van der Waals surface area contributed by atoms with Gasteiger partial charge in [0.1, 0.15) is 0 Å². The molecule has 0 aromatic heterocycles. The van der Waals surface area contributed by atoms with E-state index in [0.29, 0.717) is 5.92 Å². The van der Waals surface area contributed by atoms with E-state index in [0.717, 1.165) is 6.54 Å². The van der Waals surface area contributed by atoms with Crippen molar-refractivity contribution in [2.75, 3.05) is 6.54 Å². The van der Waals surface area contributed by atoms with E-state index in [1.807, 2.05) is 0 Å². The summed E-state index contributed by atoms with van der Waals surface area (Å²) in [6.07, 6.45) is 25.1. The van der Waals surface area contributed by atoms with Gasteiger partial charge >= 0.3 is 0 Å². The quantitative estimate of drug-likeness (QED) is 0.234. The first-order valence-corrected chi connectivity index (χ1v) is 12.3. The Morgan fingerprint density at radius 2 is 1.19 bits per heavy atom. The summed E-state index contributed by atoms with van der Waals surface area (Å²) >= 11 is 6.22. The summed E-state index contributed by atoms with van der Waals surface area (Å²) < 4.78 is 0. The van der Waals surface area contributed by atoms with Crippen LogP contribution in [0.25, 0.3) is 0 Å². The second-order valence-corrected chi connectivity index (χ2v) is 9.67. The molecule has 26 heavy (non-hydrogen) atoms. The lowest BCUT2D eigenvalue weighted by Gasteiger charge is -2.33. The van der Waals surface area contributed by atoms with Crippen LogP contribution >= 0.6 is 11.6 Å². The average molecular weight is 388 g/mol. The first-order valence-electron chi connectivity index (χ1n) is 11.9. The van der Waals surface area contributed by atoms with E-state index in [1.54, 1.807) is 0 Å². The van der Waals surface area contributed by atoms with Crippen molar-refractivity contribution in [3.05, 3.63) is 0 Å². The Hall–Kier alpha value is 0.250. The standard InChI is InChI=1S/C16H35N.C8H15Cl/c1-2-3-4-5-6-7-8-9-10-11-12-13-14-15-16-17;1-7-5-3-4-6-8(7,2)9/h2-17H2,1H3;7H,3-6H2,1-2H3. The van der Waals surface area contributed by atoms with Gasteiger partial charge in [-0.15, -0.1) is 11.6 Å². The second-order valence-electron chi connectivity index (χ2n) is 8.81. The average Bonchev–Trinajstić information content (AvgIpc) is 2.62. The molecular formula is C24H50ClN. The van der Waals surface area contributed by atoms with Gasteiger partial charge < -0.3 is 5.73 Å². The largest absolute Gasteiger partial charge is 0.330 e. The van der Waals surface area contributed by atoms with Crippen LogP contribution in [0.15, 0.2) is 0 Å². The summed E-state index contributed by atoms with van der Waals surface area (Å²) in [5, 5.41) is 0. The minimum absolute atomic E-state index is 0.109. The number of hydrogen-bond acceptors (Lipinski definition) is 1. The zero-order chi connectivity index (χ0) is 19.5. The van der Waals surface area contributed by atoms with Gasteiger partial charge in [0.05, 0.1) is 0 Å². The number of rotatable bonds is 14. The monoisotopic (exact) mass is 387 g/mol. The van der Waals surface area contributed by atoms with E-state index in [2.05, 4.69) is 20.8 Å². The van der Waals surface area contributed by atoms with Crippen LogP contribution in [0.1, 0.15) is 136 Å². The zero-order valence-electron chi connectivity index (χ0n) is 18.5. The smallest absolute Gasteiger partial charge is 0.0444 e. The molecule has 0 spiro atoms. The van der Waals surface area contributed by atoms with Gasteiger partial charge in [-0.1, -0.05) is 110 Å². The molecular weight excluding hydrogens is 338 g/mol. The van der Waals surface area contributed by atoms with Gasteiger partial charge in [0.2, 0.25) is 0 Å². The number of alkyl halides is 1. The predicted octanol–water partition coefficient (Wildman–Crippen LogP) is 8.62. The molecule has 2 N–H and O–H groups in total. The highest BCUT2D eigenvalue weighted by molar-refractivity contribution is 6.23. The van der Waals surface area contributed by atoms with Crippen molar-refractivity contribution in [1.82, 2.24) is 0 Å². The van der Waals surface area contributed by atoms with Crippen molar-refractivity contribution >= 4 is 11.6 Å². The molecule has 2 unspecified atom stereocenters. The third-order valence-corrected chi connectivity index (χ3v) is 6.70. The van der Waals surface area contributed by atoms with E-state index in [4.69, 9.17) is 17.3 Å². The van der Waals surface area contributed by atoms with Crippen LogP contribution in [0, 0.1) is 5.92 Å². The first-order chi connectivity index (χ1) is 12.5. The van der Waals surface area contributed by atoms with Crippen LogP contribution in [0.2, 0.25) is 0 Å². The van der Waals surface area contributed by atoms with Crippen molar-refractivity contribution in [3.63, 3.8) is 0 Å². The van der Waals surface area contributed by atoms with E-state index in [-0.39, 0.29) is 4.87 Å². The molecule has 0 aromatic rings. The summed E-state index contributed by atoms with van der Waals surface area (Å²) in [6, 6.07) is 0. The highest BCUT2D eigenvalue weighted by atomic mass is 35.5. The third-order valence-electron chi connectivity index (χ3n) is 6.14. The molecule has 1 fully saturated rings. The van der Waals surface area contributed by atoms with Crippen LogP contribution in [0.3, 0.4) is 0 Å². The Labute approximate surface area is 171 Å². The molecule has 0 saturated heterocycles. The van der Waals surface area contributed by atoms with Crippen molar-refractivity contribution < 1.29 is 0 Å². The molecule has 0 amide bonds. The fraction of sp³-hybridized carbons (Fsp3) is 1.00. The summed E-state index contributed by atoms with van der Waals surface area (Å²) in [6.45, 7) is 7.58. The fourth-order valence-corrected chi connectivity index (χ4v) is 4.05. The number of nitrogens with two attached hydrogens (primary N) is 1. The molecule has 0 aromatic carbocycles. The van der Waals surface area contributed by atoms with Crippen molar-refractivity contribution in [2.24, 2.45) is 11.7 Å². The van der Waals surface area contributed by atoms with Crippen LogP contribution in [0.5, 0.6) is 0 Å². The molecule has 1 aliphatic rings. The number of unbranched alkanes of at least 4 members (excludes halogenated alkanes) is 13. The first kappa shape index (κ1) is 26.2. The molecule has 1 aliphatic carbocycles. The maximum absolute atomic E-state index is 6.22. The van der Waals surface area contributed by atoms with Crippen molar-refractivity contribution in [1.29, 1.82) is 0 Å². The lowest BCUT2D eigenvalue weighted by Crippen LogP contribution is -2.29. The lowest BCUT2D eigenvalue weighted by atomic mass is 9.81. The molecule has 1 rings (SSSR count). The molecule has 0 bridgehead atoms. The van der Waals surface area contributed by atoms with Gasteiger partial charge in [0.25, 0.3) is 0 Å². The highest BCUT2D eigenvalue weighted by Gasteiger charge is 2.30. The fourth-order valence-electron chi connectivity index (χ4n) is 3.81. The summed E-state index contributed by atoms with van der Waals surface area (Å²) in [5.74, 6) is 0.716. The van der Waals surface area contributed by atoms with Gasteiger partial charge in [0, 0.05) is 4.87 Å². The van der Waals surface area contributed by atoms with E-state index >= 15 is 0 Å². The Bertz CT molecular complexity index is 263. The number of hydrogen-bond donors (Lipinski definition) is 1. The normalized spacial score (nSPS) is 22.7. The number of halogens is 1. The van der Waals surface area contributed by atoms with Gasteiger partial charge in [0.15, 0.2) is 0 Å². The minimum atomic E-state index is 0.109. The van der Waals surface area contributed by atoms with Gasteiger partial charge in [-0.3, -0.25) is 0 Å².